The Kier molecular flexibility index (Phi) is 5.49. The first kappa shape index (κ1) is 12.6. The molecule has 0 aliphatic heterocycles. The van der Waals surface area contributed by atoms with E-state index in [0.717, 1.165) is 31.1 Å². The van der Waals surface area contributed by atoms with Crippen molar-refractivity contribution in [1.82, 2.24) is 20.5 Å². The van der Waals surface area contributed by atoms with Gasteiger partial charge in [0, 0.05) is 6.42 Å². The van der Waals surface area contributed by atoms with E-state index in [2.05, 4.69) is 20.5 Å². The van der Waals surface area contributed by atoms with Crippen molar-refractivity contribution in [3.05, 3.63) is 12.2 Å². The molecular weight excluding hydrogens is 212 g/mol. The van der Waals surface area contributed by atoms with Gasteiger partial charge in [0.1, 0.15) is 12.2 Å². The van der Waals surface area contributed by atoms with Crippen molar-refractivity contribution < 1.29 is 0 Å². The molecule has 1 aromatic heterocycles. The first-order valence-electron chi connectivity index (χ1n) is 7.00. The maximum absolute atomic E-state index is 4.11. The third-order valence-corrected chi connectivity index (χ3v) is 3.69. The lowest BCUT2D eigenvalue weighted by Gasteiger charge is -2.21. The van der Waals surface area contributed by atoms with Gasteiger partial charge in [-0.25, -0.2) is 4.98 Å². The molecule has 1 aliphatic carbocycles. The summed E-state index contributed by atoms with van der Waals surface area (Å²) in [6.45, 7) is 2.27. The summed E-state index contributed by atoms with van der Waals surface area (Å²) in [5, 5.41) is 10.3. The largest absolute Gasteiger partial charge is 0.317 e. The smallest absolute Gasteiger partial charge is 0.137 e. The van der Waals surface area contributed by atoms with E-state index in [4.69, 9.17) is 0 Å². The molecule has 0 atom stereocenters. The number of nitrogens with zero attached hydrogens (tertiary/aromatic N) is 2. The van der Waals surface area contributed by atoms with Crippen LogP contribution in [0, 0.1) is 5.92 Å². The molecule has 0 bridgehead atoms. The lowest BCUT2D eigenvalue weighted by Crippen LogP contribution is -2.21. The molecule has 0 spiro atoms. The third-order valence-electron chi connectivity index (χ3n) is 3.69. The minimum atomic E-state index is 0.991. The van der Waals surface area contributed by atoms with Gasteiger partial charge < -0.3 is 5.32 Å². The fourth-order valence-electron chi connectivity index (χ4n) is 2.64. The van der Waals surface area contributed by atoms with Crippen molar-refractivity contribution in [2.45, 2.75) is 51.4 Å². The summed E-state index contributed by atoms with van der Waals surface area (Å²) < 4.78 is 0. The van der Waals surface area contributed by atoms with Crippen LogP contribution in [-0.4, -0.2) is 28.3 Å². The maximum atomic E-state index is 4.11. The Morgan fingerprint density at radius 3 is 2.88 bits per heavy atom. The molecule has 1 saturated carbocycles. The van der Waals surface area contributed by atoms with Crippen molar-refractivity contribution in [2.24, 2.45) is 5.92 Å². The molecule has 4 nitrogen and oxygen atoms in total. The van der Waals surface area contributed by atoms with E-state index in [-0.39, 0.29) is 0 Å². The fraction of sp³-hybridized carbons (Fsp3) is 0.846. The van der Waals surface area contributed by atoms with Crippen molar-refractivity contribution >= 4 is 0 Å². The van der Waals surface area contributed by atoms with Crippen molar-refractivity contribution in [2.75, 3.05) is 13.1 Å². The molecule has 0 radical (unpaired) electrons. The van der Waals surface area contributed by atoms with Crippen LogP contribution in [0.3, 0.4) is 0 Å². The lowest BCUT2D eigenvalue weighted by molar-refractivity contribution is 0.334. The summed E-state index contributed by atoms with van der Waals surface area (Å²) in [5.41, 5.74) is 0. The van der Waals surface area contributed by atoms with Crippen LogP contribution in [0.15, 0.2) is 6.33 Å². The van der Waals surface area contributed by atoms with Crippen molar-refractivity contribution in [3.63, 3.8) is 0 Å². The van der Waals surface area contributed by atoms with Gasteiger partial charge in [0.15, 0.2) is 0 Å². The van der Waals surface area contributed by atoms with Crippen LogP contribution in [0.5, 0.6) is 0 Å². The van der Waals surface area contributed by atoms with E-state index in [1.807, 2.05) is 0 Å². The average molecular weight is 236 g/mol. The van der Waals surface area contributed by atoms with Crippen molar-refractivity contribution in [3.8, 4) is 0 Å². The Bertz CT molecular complexity index is 278. The van der Waals surface area contributed by atoms with Gasteiger partial charge in [-0.15, -0.1) is 0 Å². The average Bonchev–Trinajstić information content (AvgIpc) is 2.88. The summed E-state index contributed by atoms with van der Waals surface area (Å²) in [5.74, 6) is 1.99. The lowest BCUT2D eigenvalue weighted by atomic mass is 9.87. The first-order chi connectivity index (χ1) is 8.45. The summed E-state index contributed by atoms with van der Waals surface area (Å²) in [7, 11) is 0. The van der Waals surface area contributed by atoms with E-state index in [1.165, 1.54) is 45.1 Å². The minimum Gasteiger partial charge on any atom is -0.317 e. The second-order valence-electron chi connectivity index (χ2n) is 5.08. The second-order valence-corrected chi connectivity index (χ2v) is 5.08. The zero-order chi connectivity index (χ0) is 11.8. The molecule has 0 unspecified atom stereocenters. The van der Waals surface area contributed by atoms with Crippen LogP contribution in [0.1, 0.15) is 50.8 Å². The summed E-state index contributed by atoms with van der Waals surface area (Å²) in [6, 6.07) is 0. The monoisotopic (exact) mass is 236 g/mol. The van der Waals surface area contributed by atoms with E-state index in [1.54, 1.807) is 6.33 Å². The van der Waals surface area contributed by atoms with E-state index in [0.29, 0.717) is 0 Å². The first-order valence-corrected chi connectivity index (χ1v) is 7.00. The SMILES string of the molecule is c1n[nH]c(CCCNCCC2CCCCC2)n1. The Labute approximate surface area is 104 Å². The van der Waals surface area contributed by atoms with E-state index in [9.17, 15) is 0 Å². The predicted molar refractivity (Wildman–Crippen MR) is 68.8 cm³/mol. The number of aromatic amines is 1. The highest BCUT2D eigenvalue weighted by atomic mass is 15.2. The van der Waals surface area contributed by atoms with Gasteiger partial charge in [-0.2, -0.15) is 5.10 Å². The van der Waals surface area contributed by atoms with Crippen LogP contribution in [0.2, 0.25) is 0 Å². The molecule has 0 amide bonds. The quantitative estimate of drug-likeness (QED) is 0.714. The number of rotatable bonds is 7. The number of nitrogens with one attached hydrogen (secondary N) is 2. The molecule has 1 aromatic rings. The van der Waals surface area contributed by atoms with E-state index < -0.39 is 0 Å². The van der Waals surface area contributed by atoms with Gasteiger partial charge in [-0.3, -0.25) is 5.10 Å². The maximum Gasteiger partial charge on any atom is 0.137 e. The Morgan fingerprint density at radius 2 is 2.12 bits per heavy atom. The molecule has 2 rings (SSSR count). The molecule has 4 heteroatoms. The highest BCUT2D eigenvalue weighted by molar-refractivity contribution is 4.79. The normalized spacial score (nSPS) is 17.4. The number of aryl methyl sites for hydroxylation is 1. The zero-order valence-electron chi connectivity index (χ0n) is 10.6. The molecule has 96 valence electrons. The molecule has 0 saturated heterocycles. The van der Waals surface area contributed by atoms with Crippen LogP contribution in [0.4, 0.5) is 0 Å². The van der Waals surface area contributed by atoms with Crippen LogP contribution < -0.4 is 5.32 Å². The molecule has 1 heterocycles. The predicted octanol–water partition coefficient (Wildman–Crippen LogP) is 2.30. The minimum absolute atomic E-state index is 0.991. The molecule has 1 aliphatic rings. The van der Waals surface area contributed by atoms with Crippen LogP contribution in [-0.2, 0) is 6.42 Å². The summed E-state index contributed by atoms with van der Waals surface area (Å²) >= 11 is 0. The third kappa shape index (κ3) is 4.86. The summed E-state index contributed by atoms with van der Waals surface area (Å²) in [4.78, 5) is 4.11. The number of H-pyrrole nitrogens is 1. The zero-order valence-corrected chi connectivity index (χ0v) is 10.6. The molecule has 1 fully saturated rings. The summed E-state index contributed by atoms with van der Waals surface area (Å²) in [6.07, 6.45) is 12.4. The van der Waals surface area contributed by atoms with Crippen molar-refractivity contribution in [1.29, 1.82) is 0 Å². The van der Waals surface area contributed by atoms with Gasteiger partial charge in [-0.05, 0) is 31.8 Å². The number of hydrogen-bond acceptors (Lipinski definition) is 3. The van der Waals surface area contributed by atoms with Gasteiger partial charge in [0.2, 0.25) is 0 Å². The van der Waals surface area contributed by atoms with Gasteiger partial charge in [0.25, 0.3) is 0 Å². The molecular formula is C13H24N4. The molecule has 17 heavy (non-hydrogen) atoms. The number of aromatic nitrogens is 3. The Morgan fingerprint density at radius 1 is 1.24 bits per heavy atom. The Hall–Kier alpha value is -0.900. The standard InChI is InChI=1S/C13H24N4/c1-2-5-12(6-3-1)8-10-14-9-4-7-13-15-11-16-17-13/h11-12,14H,1-10H2,(H,15,16,17). The van der Waals surface area contributed by atoms with Crippen LogP contribution >= 0.6 is 0 Å². The molecule has 0 aromatic carbocycles. The highest BCUT2D eigenvalue weighted by Gasteiger charge is 2.12. The van der Waals surface area contributed by atoms with Crippen LogP contribution in [0.25, 0.3) is 0 Å². The van der Waals surface area contributed by atoms with Gasteiger partial charge in [-0.1, -0.05) is 32.1 Å². The fourth-order valence-corrected chi connectivity index (χ4v) is 2.64. The van der Waals surface area contributed by atoms with E-state index >= 15 is 0 Å². The highest BCUT2D eigenvalue weighted by Crippen LogP contribution is 2.25. The molecule has 2 N–H and O–H groups in total. The van der Waals surface area contributed by atoms with Gasteiger partial charge >= 0.3 is 0 Å². The topological polar surface area (TPSA) is 53.6 Å². The number of hydrogen-bond donors (Lipinski definition) is 2. The second kappa shape index (κ2) is 7.43. The Balaban J connectivity index is 1.43. The van der Waals surface area contributed by atoms with Gasteiger partial charge in [0.05, 0.1) is 0 Å².